The molecule has 0 aromatic carbocycles. The number of hydrogen-bond donors (Lipinski definition) is 0. The summed E-state index contributed by atoms with van der Waals surface area (Å²) in [6.45, 7) is 5.64. The molecule has 0 bridgehead atoms. The van der Waals surface area contributed by atoms with Crippen LogP contribution in [0.2, 0.25) is 4.34 Å². The summed E-state index contributed by atoms with van der Waals surface area (Å²) in [6.07, 6.45) is 1.14. The zero-order valence-electron chi connectivity index (χ0n) is 13.0. The molecule has 3 heterocycles. The number of aryl methyl sites for hydroxylation is 1. The van der Waals surface area contributed by atoms with Crippen LogP contribution < -0.4 is 0 Å². The first-order valence-electron chi connectivity index (χ1n) is 7.28. The van der Waals surface area contributed by atoms with E-state index in [0.717, 1.165) is 49.9 Å². The fraction of sp³-hybridized carbons (Fsp3) is 0.692. The van der Waals surface area contributed by atoms with E-state index in [0.29, 0.717) is 10.4 Å². The van der Waals surface area contributed by atoms with E-state index in [1.54, 1.807) is 0 Å². The summed E-state index contributed by atoms with van der Waals surface area (Å²) in [5.41, 5.74) is 0.888. The third kappa shape index (κ3) is 3.29. The van der Waals surface area contributed by atoms with Gasteiger partial charge in [-0.1, -0.05) is 16.1 Å². The maximum Gasteiger partial charge on any atom is 0.146 e. The zero-order valence-corrected chi connectivity index (χ0v) is 14.6. The molecule has 9 heteroatoms. The lowest BCUT2D eigenvalue weighted by Gasteiger charge is -2.24. The van der Waals surface area contributed by atoms with Gasteiger partial charge in [0.05, 0.1) is 6.54 Å². The van der Waals surface area contributed by atoms with Crippen molar-refractivity contribution in [3.05, 3.63) is 21.7 Å². The highest BCUT2D eigenvalue weighted by molar-refractivity contribution is 7.10. The molecule has 0 spiro atoms. The van der Waals surface area contributed by atoms with Gasteiger partial charge in [-0.2, -0.15) is 0 Å². The van der Waals surface area contributed by atoms with Crippen LogP contribution in [0.4, 0.5) is 0 Å². The second-order valence-corrected chi connectivity index (χ2v) is 7.16. The van der Waals surface area contributed by atoms with Crippen LogP contribution in [0.15, 0.2) is 0 Å². The van der Waals surface area contributed by atoms with Crippen LogP contribution in [-0.4, -0.2) is 60.3 Å². The summed E-state index contributed by atoms with van der Waals surface area (Å²) in [5, 5.41) is 12.4. The molecule has 1 aliphatic heterocycles. The molecule has 0 aliphatic carbocycles. The van der Waals surface area contributed by atoms with E-state index in [-0.39, 0.29) is 0 Å². The third-order valence-corrected chi connectivity index (χ3v) is 5.31. The largest absolute Gasteiger partial charge is 0.317 e. The van der Waals surface area contributed by atoms with Crippen molar-refractivity contribution in [1.29, 1.82) is 0 Å². The Kier molecular flexibility index (Phi) is 4.72. The Morgan fingerprint density at radius 1 is 1.36 bits per heavy atom. The normalized spacial score (nSPS) is 19.4. The summed E-state index contributed by atoms with van der Waals surface area (Å²) >= 11 is 7.33. The maximum atomic E-state index is 6.08. The Morgan fingerprint density at radius 2 is 2.18 bits per heavy atom. The summed E-state index contributed by atoms with van der Waals surface area (Å²) in [6, 6.07) is 0.516. The molecule has 2 aromatic rings. The Morgan fingerprint density at radius 3 is 2.82 bits per heavy atom. The monoisotopic (exact) mass is 341 g/mol. The van der Waals surface area contributed by atoms with Crippen LogP contribution in [-0.2, 0) is 20.1 Å². The molecule has 0 saturated carbocycles. The molecular weight excluding hydrogens is 322 g/mol. The molecule has 0 N–H and O–H groups in total. The van der Waals surface area contributed by atoms with Crippen LogP contribution in [0.25, 0.3) is 0 Å². The van der Waals surface area contributed by atoms with Crippen LogP contribution in [0.5, 0.6) is 0 Å². The first kappa shape index (κ1) is 15.8. The van der Waals surface area contributed by atoms with Crippen molar-refractivity contribution in [2.75, 3.05) is 20.1 Å². The lowest BCUT2D eigenvalue weighted by molar-refractivity contribution is 0.216. The highest BCUT2D eigenvalue weighted by atomic mass is 35.5. The van der Waals surface area contributed by atoms with Crippen molar-refractivity contribution in [1.82, 2.24) is 34.2 Å². The average molecular weight is 342 g/mol. The van der Waals surface area contributed by atoms with Crippen molar-refractivity contribution >= 4 is 23.1 Å². The predicted octanol–water partition coefficient (Wildman–Crippen LogP) is 1.33. The van der Waals surface area contributed by atoms with Gasteiger partial charge in [-0.3, -0.25) is 9.80 Å². The Balaban J connectivity index is 1.55. The Bertz CT molecular complexity index is 640. The Labute approximate surface area is 139 Å². The number of nitrogens with zero attached hydrogens (tertiary/aromatic N) is 7. The van der Waals surface area contributed by atoms with E-state index in [4.69, 9.17) is 11.6 Å². The molecule has 1 fully saturated rings. The van der Waals surface area contributed by atoms with Gasteiger partial charge < -0.3 is 4.57 Å². The molecule has 3 rings (SSSR count). The molecule has 0 radical (unpaired) electrons. The first-order chi connectivity index (χ1) is 10.5. The van der Waals surface area contributed by atoms with Gasteiger partial charge in [-0.25, -0.2) is 0 Å². The zero-order chi connectivity index (χ0) is 15.7. The molecule has 120 valence electrons. The molecule has 7 nitrogen and oxygen atoms in total. The fourth-order valence-corrected chi connectivity index (χ4v) is 3.37. The number of likely N-dealkylation sites (tertiary alicyclic amines) is 1. The molecule has 1 atom stereocenters. The van der Waals surface area contributed by atoms with E-state index < -0.39 is 0 Å². The minimum Gasteiger partial charge on any atom is -0.317 e. The van der Waals surface area contributed by atoms with Gasteiger partial charge in [0.1, 0.15) is 21.7 Å². The SMILES string of the molecule is Cc1nnc(CN(C)[C@H]2CCN(Cc3nnsc3Cl)C2)n1C. The lowest BCUT2D eigenvalue weighted by Crippen LogP contribution is -2.34. The van der Waals surface area contributed by atoms with Gasteiger partial charge >= 0.3 is 0 Å². The first-order valence-corrected chi connectivity index (χ1v) is 8.44. The lowest BCUT2D eigenvalue weighted by atomic mass is 10.2. The number of rotatable bonds is 5. The minimum absolute atomic E-state index is 0.516. The van der Waals surface area contributed by atoms with E-state index in [1.165, 1.54) is 11.5 Å². The summed E-state index contributed by atoms with van der Waals surface area (Å²) in [4.78, 5) is 4.73. The standard InChI is InChI=1S/C13H20ClN7S/c1-9-15-17-12(20(9)3)8-19(2)10-4-5-21(6-10)7-11-13(14)22-18-16-11/h10H,4-8H2,1-3H3/t10-/m0/s1. The molecule has 0 amide bonds. The van der Waals surface area contributed by atoms with Crippen LogP contribution in [0.3, 0.4) is 0 Å². The van der Waals surface area contributed by atoms with Gasteiger partial charge in [0.25, 0.3) is 0 Å². The van der Waals surface area contributed by atoms with E-state index in [1.807, 2.05) is 18.5 Å². The van der Waals surface area contributed by atoms with Gasteiger partial charge in [-0.05, 0) is 20.4 Å². The van der Waals surface area contributed by atoms with Crippen LogP contribution in [0.1, 0.15) is 23.8 Å². The summed E-state index contributed by atoms with van der Waals surface area (Å²) in [5.74, 6) is 1.95. The topological polar surface area (TPSA) is 63.0 Å². The highest BCUT2D eigenvalue weighted by Crippen LogP contribution is 2.22. The van der Waals surface area contributed by atoms with Crippen molar-refractivity contribution in [2.45, 2.75) is 32.5 Å². The molecule has 1 saturated heterocycles. The smallest absolute Gasteiger partial charge is 0.146 e. The van der Waals surface area contributed by atoms with E-state index >= 15 is 0 Å². The summed E-state index contributed by atoms with van der Waals surface area (Å²) < 4.78 is 6.64. The average Bonchev–Trinajstić information content (AvgIpc) is 3.18. The van der Waals surface area contributed by atoms with Crippen molar-refractivity contribution < 1.29 is 0 Å². The van der Waals surface area contributed by atoms with Crippen molar-refractivity contribution in [3.63, 3.8) is 0 Å². The number of hydrogen-bond acceptors (Lipinski definition) is 7. The number of halogens is 1. The minimum atomic E-state index is 0.516. The van der Waals surface area contributed by atoms with E-state index in [9.17, 15) is 0 Å². The molecule has 2 aromatic heterocycles. The summed E-state index contributed by atoms with van der Waals surface area (Å²) in [7, 11) is 4.16. The van der Waals surface area contributed by atoms with Gasteiger partial charge in [-0.15, -0.1) is 15.3 Å². The van der Waals surface area contributed by atoms with Crippen LogP contribution >= 0.6 is 23.1 Å². The second-order valence-electron chi connectivity index (χ2n) is 5.81. The molecule has 0 unspecified atom stereocenters. The predicted molar refractivity (Wildman–Crippen MR) is 85.8 cm³/mol. The Hall–Kier alpha value is -1.09. The van der Waals surface area contributed by atoms with Crippen LogP contribution in [0, 0.1) is 6.92 Å². The number of aromatic nitrogens is 5. The number of likely N-dealkylation sites (N-methyl/N-ethyl adjacent to an activating group) is 1. The highest BCUT2D eigenvalue weighted by Gasteiger charge is 2.27. The molecular formula is C13H20ClN7S. The third-order valence-electron chi connectivity index (χ3n) is 4.33. The van der Waals surface area contributed by atoms with Gasteiger partial charge in [0.15, 0.2) is 0 Å². The van der Waals surface area contributed by atoms with Crippen molar-refractivity contribution in [3.8, 4) is 0 Å². The molecule has 22 heavy (non-hydrogen) atoms. The second kappa shape index (κ2) is 6.57. The molecule has 1 aliphatic rings. The van der Waals surface area contributed by atoms with Gasteiger partial charge in [0, 0.05) is 44.3 Å². The fourth-order valence-electron chi connectivity index (χ4n) is 2.76. The quantitative estimate of drug-likeness (QED) is 0.817. The van der Waals surface area contributed by atoms with Gasteiger partial charge in [0.2, 0.25) is 0 Å². The van der Waals surface area contributed by atoms with Crippen molar-refractivity contribution in [2.24, 2.45) is 7.05 Å². The van der Waals surface area contributed by atoms with E-state index in [2.05, 4.69) is 36.6 Å². The maximum absolute atomic E-state index is 6.08.